The zero-order valence-corrected chi connectivity index (χ0v) is 19.1. The van der Waals surface area contributed by atoms with Gasteiger partial charge in [-0.3, -0.25) is 25.2 Å². The number of fused-ring (bicyclic) bond motifs is 1. The van der Waals surface area contributed by atoms with E-state index in [4.69, 9.17) is 4.74 Å². The molecular formula is C23H22N6O4S. The number of hydrazine groups is 1. The predicted octanol–water partition coefficient (Wildman–Crippen LogP) is 2.13. The Kier molecular flexibility index (Phi) is 7.35. The summed E-state index contributed by atoms with van der Waals surface area (Å²) in [6, 6.07) is 17.4. The monoisotopic (exact) mass is 478 g/mol. The number of hydrogen-bond donors (Lipinski definition) is 3. The zero-order valence-electron chi connectivity index (χ0n) is 18.3. The molecule has 0 saturated carbocycles. The first kappa shape index (κ1) is 23.2. The number of nitrogens with zero attached hydrogens (tertiary/aromatic N) is 3. The van der Waals surface area contributed by atoms with Crippen molar-refractivity contribution >= 4 is 34.6 Å². The largest absolute Gasteiger partial charge is 0.383 e. The fourth-order valence-electron chi connectivity index (χ4n) is 3.06. The second-order valence-electron chi connectivity index (χ2n) is 7.23. The second kappa shape index (κ2) is 10.8. The maximum absolute atomic E-state index is 12.4. The Morgan fingerprint density at radius 1 is 1.03 bits per heavy atom. The molecule has 3 N–H and O–H groups in total. The van der Waals surface area contributed by atoms with Crippen molar-refractivity contribution in [3.05, 3.63) is 87.8 Å². The van der Waals surface area contributed by atoms with Gasteiger partial charge in [-0.05, 0) is 35.9 Å². The van der Waals surface area contributed by atoms with Gasteiger partial charge in [-0.25, -0.2) is 9.67 Å². The van der Waals surface area contributed by atoms with Gasteiger partial charge in [0.05, 0.1) is 24.2 Å². The van der Waals surface area contributed by atoms with E-state index in [1.54, 1.807) is 23.9 Å². The minimum absolute atomic E-state index is 0.00559. The standard InChI is InChI=1S/C23H22N6O4S/c1-33-13-12-29-20(30)11-10-19(28-29)22(32)27-26-21(31)16-8-6-15(7-9-16)14-34-23-24-17-4-2-3-5-18(17)25-23/h2-11H,12-14H2,1H3,(H,24,25)(H,26,31)(H,27,32). The summed E-state index contributed by atoms with van der Waals surface area (Å²) in [5.74, 6) is -0.431. The maximum atomic E-state index is 12.4. The molecule has 0 saturated heterocycles. The highest BCUT2D eigenvalue weighted by molar-refractivity contribution is 7.98. The van der Waals surface area contributed by atoms with Gasteiger partial charge in [-0.1, -0.05) is 36.0 Å². The molecule has 4 aromatic rings. The molecule has 2 heterocycles. The predicted molar refractivity (Wildman–Crippen MR) is 127 cm³/mol. The van der Waals surface area contributed by atoms with E-state index in [0.29, 0.717) is 11.3 Å². The molecule has 4 rings (SSSR count). The molecule has 0 atom stereocenters. The number of aromatic nitrogens is 4. The SMILES string of the molecule is COCCn1nc(C(=O)NNC(=O)c2ccc(CSc3nc4ccccc4[nH]3)cc2)ccc1=O. The van der Waals surface area contributed by atoms with E-state index in [1.807, 2.05) is 36.4 Å². The van der Waals surface area contributed by atoms with Crippen molar-refractivity contribution < 1.29 is 14.3 Å². The number of nitrogens with one attached hydrogen (secondary N) is 3. The van der Waals surface area contributed by atoms with Crippen LogP contribution in [0.2, 0.25) is 0 Å². The average Bonchev–Trinajstić information content (AvgIpc) is 3.29. The van der Waals surface area contributed by atoms with Gasteiger partial charge in [0.15, 0.2) is 10.9 Å². The fraction of sp³-hybridized carbons (Fsp3) is 0.174. The third-order valence-electron chi connectivity index (χ3n) is 4.86. The Hall–Kier alpha value is -3.96. The number of carbonyl (C=O) groups is 2. The smallest absolute Gasteiger partial charge is 0.290 e. The number of hydrogen-bond acceptors (Lipinski definition) is 7. The number of thioether (sulfide) groups is 1. The van der Waals surface area contributed by atoms with Gasteiger partial charge < -0.3 is 9.72 Å². The first-order chi connectivity index (χ1) is 16.5. The van der Waals surface area contributed by atoms with Gasteiger partial charge in [0.2, 0.25) is 0 Å². The Morgan fingerprint density at radius 2 is 1.79 bits per heavy atom. The van der Waals surface area contributed by atoms with Gasteiger partial charge in [0.25, 0.3) is 17.4 Å². The molecule has 0 aliphatic rings. The van der Waals surface area contributed by atoms with Crippen LogP contribution in [0.5, 0.6) is 0 Å². The van der Waals surface area contributed by atoms with Crippen LogP contribution in [0.15, 0.2) is 70.6 Å². The van der Waals surface area contributed by atoms with Crippen molar-refractivity contribution in [1.82, 2.24) is 30.6 Å². The van der Waals surface area contributed by atoms with Crippen LogP contribution < -0.4 is 16.4 Å². The minimum Gasteiger partial charge on any atom is -0.383 e. The molecule has 2 aromatic carbocycles. The van der Waals surface area contributed by atoms with Crippen LogP contribution in [0.3, 0.4) is 0 Å². The lowest BCUT2D eigenvalue weighted by atomic mass is 10.1. The van der Waals surface area contributed by atoms with E-state index in [2.05, 4.69) is 25.9 Å². The molecule has 0 unspecified atom stereocenters. The van der Waals surface area contributed by atoms with Crippen molar-refractivity contribution in [2.45, 2.75) is 17.5 Å². The highest BCUT2D eigenvalue weighted by atomic mass is 32.2. The molecule has 2 aromatic heterocycles. The van der Waals surface area contributed by atoms with Gasteiger partial charge in [0, 0.05) is 24.5 Å². The summed E-state index contributed by atoms with van der Waals surface area (Å²) < 4.78 is 6.05. The highest BCUT2D eigenvalue weighted by Crippen LogP contribution is 2.23. The molecule has 0 spiro atoms. The summed E-state index contributed by atoms with van der Waals surface area (Å²) >= 11 is 1.57. The molecule has 0 aliphatic heterocycles. The topological polar surface area (TPSA) is 131 Å². The van der Waals surface area contributed by atoms with Crippen molar-refractivity contribution in [1.29, 1.82) is 0 Å². The average molecular weight is 479 g/mol. The summed E-state index contributed by atoms with van der Waals surface area (Å²) in [7, 11) is 1.50. The molecule has 0 aliphatic carbocycles. The second-order valence-corrected chi connectivity index (χ2v) is 8.19. The normalized spacial score (nSPS) is 10.9. The molecule has 0 bridgehead atoms. The third kappa shape index (κ3) is 5.69. The minimum atomic E-state index is -0.640. The van der Waals surface area contributed by atoms with E-state index in [1.165, 1.54) is 19.2 Å². The van der Waals surface area contributed by atoms with E-state index >= 15 is 0 Å². The van der Waals surface area contributed by atoms with Crippen LogP contribution in [-0.4, -0.2) is 45.3 Å². The number of imidazole rings is 1. The van der Waals surface area contributed by atoms with Crippen molar-refractivity contribution in [3.8, 4) is 0 Å². The molecule has 0 fully saturated rings. The van der Waals surface area contributed by atoms with E-state index in [-0.39, 0.29) is 24.4 Å². The van der Waals surface area contributed by atoms with Gasteiger partial charge in [0.1, 0.15) is 0 Å². The van der Waals surface area contributed by atoms with Crippen LogP contribution in [0.1, 0.15) is 26.4 Å². The van der Waals surface area contributed by atoms with Crippen LogP contribution in [0.25, 0.3) is 11.0 Å². The molecule has 10 nitrogen and oxygen atoms in total. The maximum Gasteiger partial charge on any atom is 0.290 e. The van der Waals surface area contributed by atoms with Crippen molar-refractivity contribution in [2.75, 3.05) is 13.7 Å². The number of benzene rings is 2. The quantitative estimate of drug-likeness (QED) is 0.261. The number of amides is 2. The Morgan fingerprint density at radius 3 is 2.56 bits per heavy atom. The van der Waals surface area contributed by atoms with Crippen molar-refractivity contribution in [3.63, 3.8) is 0 Å². The number of H-pyrrole nitrogens is 1. The van der Waals surface area contributed by atoms with Crippen LogP contribution in [0.4, 0.5) is 0 Å². The molecule has 174 valence electrons. The lowest BCUT2D eigenvalue weighted by molar-refractivity contribution is 0.0842. The summed E-state index contributed by atoms with van der Waals surface area (Å²) in [5, 5.41) is 4.81. The van der Waals surface area contributed by atoms with E-state index in [0.717, 1.165) is 26.4 Å². The fourth-order valence-corrected chi connectivity index (χ4v) is 3.90. The Labute approximate surface area is 198 Å². The number of para-hydroxylation sites is 2. The molecular weight excluding hydrogens is 456 g/mol. The first-order valence-corrected chi connectivity index (χ1v) is 11.4. The first-order valence-electron chi connectivity index (χ1n) is 10.4. The van der Waals surface area contributed by atoms with Gasteiger partial charge in [-0.15, -0.1) is 0 Å². The van der Waals surface area contributed by atoms with Crippen LogP contribution >= 0.6 is 11.8 Å². The molecule has 2 amide bonds. The van der Waals surface area contributed by atoms with Gasteiger partial charge >= 0.3 is 0 Å². The molecule has 34 heavy (non-hydrogen) atoms. The zero-order chi connectivity index (χ0) is 23.9. The number of carbonyl (C=O) groups excluding carboxylic acids is 2. The summed E-state index contributed by atoms with van der Waals surface area (Å²) in [6.45, 7) is 0.491. The molecule has 11 heteroatoms. The van der Waals surface area contributed by atoms with Crippen molar-refractivity contribution in [2.24, 2.45) is 0 Å². The third-order valence-corrected chi connectivity index (χ3v) is 5.80. The number of ether oxygens (including phenoxy) is 1. The van der Waals surface area contributed by atoms with Crippen LogP contribution in [0, 0.1) is 0 Å². The number of rotatable bonds is 8. The Bertz CT molecular complexity index is 1330. The Balaban J connectivity index is 1.30. The lowest BCUT2D eigenvalue weighted by Gasteiger charge is -2.09. The number of methoxy groups -OCH3 is 1. The highest BCUT2D eigenvalue weighted by Gasteiger charge is 2.12. The summed E-state index contributed by atoms with van der Waals surface area (Å²) in [6.07, 6.45) is 0. The lowest BCUT2D eigenvalue weighted by Crippen LogP contribution is -2.42. The number of aromatic amines is 1. The van der Waals surface area contributed by atoms with Gasteiger partial charge in [-0.2, -0.15) is 5.10 Å². The summed E-state index contributed by atoms with van der Waals surface area (Å²) in [5.41, 5.74) is 7.62. The van der Waals surface area contributed by atoms with E-state index < -0.39 is 11.8 Å². The van der Waals surface area contributed by atoms with Crippen LogP contribution in [-0.2, 0) is 17.0 Å². The van der Waals surface area contributed by atoms with E-state index in [9.17, 15) is 14.4 Å². The molecule has 0 radical (unpaired) electrons. The summed E-state index contributed by atoms with van der Waals surface area (Å²) in [4.78, 5) is 44.3.